The Hall–Kier alpha value is -3.35. The molecule has 0 spiro atoms. The highest BCUT2D eigenvalue weighted by Crippen LogP contribution is 2.50. The molecule has 2 aliphatic heterocycles. The first kappa shape index (κ1) is 21.5. The number of rotatable bonds is 3. The van der Waals surface area contributed by atoms with Crippen LogP contribution in [-0.2, 0) is 14.3 Å². The molecule has 7 nitrogen and oxygen atoms in total. The third kappa shape index (κ3) is 3.37. The number of ketones is 1. The number of anilines is 1. The van der Waals surface area contributed by atoms with Crippen molar-refractivity contribution >= 4 is 17.5 Å². The molecule has 1 aromatic carbocycles. The Bertz CT molecular complexity index is 1160. The van der Waals surface area contributed by atoms with Gasteiger partial charge in [0.25, 0.3) is 5.91 Å². The number of aromatic hydroxyl groups is 1. The second kappa shape index (κ2) is 7.90. The smallest absolute Gasteiger partial charge is 0.295 e. The summed E-state index contributed by atoms with van der Waals surface area (Å²) in [7, 11) is 1.46. The van der Waals surface area contributed by atoms with Gasteiger partial charge in [-0.05, 0) is 60.9 Å². The lowest BCUT2D eigenvalue weighted by Gasteiger charge is -2.40. The van der Waals surface area contributed by atoms with Crippen LogP contribution in [0, 0.1) is 24.7 Å². The van der Waals surface area contributed by atoms with Gasteiger partial charge in [-0.2, -0.15) is 0 Å². The SMILES string of the molecule is COc1cc(C2C3=C(OC4CC(C)C(C)CC4C3=O)C(=O)N2c2ccc(C)cn2)ccc1O. The number of hydrogen-bond acceptors (Lipinski definition) is 6. The van der Waals surface area contributed by atoms with Gasteiger partial charge in [-0.15, -0.1) is 0 Å². The number of carbonyl (C=O) groups excluding carboxylic acids is 2. The van der Waals surface area contributed by atoms with Crippen LogP contribution in [-0.4, -0.2) is 35.0 Å². The third-order valence-electron chi connectivity index (χ3n) is 7.37. The molecular formula is C26H28N2O5. The van der Waals surface area contributed by atoms with Gasteiger partial charge in [0.1, 0.15) is 11.9 Å². The molecule has 1 aliphatic carbocycles. The summed E-state index contributed by atoms with van der Waals surface area (Å²) in [4.78, 5) is 33.5. The van der Waals surface area contributed by atoms with Crippen molar-refractivity contribution in [2.24, 2.45) is 17.8 Å². The molecule has 1 N–H and O–H groups in total. The fraction of sp³-hybridized carbons (Fsp3) is 0.423. The molecule has 1 amide bonds. The van der Waals surface area contributed by atoms with Crippen molar-refractivity contribution in [3.63, 3.8) is 0 Å². The number of carbonyl (C=O) groups is 2. The van der Waals surface area contributed by atoms with Gasteiger partial charge in [-0.3, -0.25) is 14.5 Å². The third-order valence-corrected chi connectivity index (χ3v) is 7.37. The van der Waals surface area contributed by atoms with Crippen LogP contribution >= 0.6 is 0 Å². The Morgan fingerprint density at radius 1 is 1.12 bits per heavy atom. The van der Waals surface area contributed by atoms with Gasteiger partial charge in [-0.25, -0.2) is 4.98 Å². The molecule has 0 saturated heterocycles. The second-order valence-corrected chi connectivity index (χ2v) is 9.50. The Balaban J connectivity index is 1.65. The monoisotopic (exact) mass is 448 g/mol. The normalized spacial score (nSPS) is 29.0. The van der Waals surface area contributed by atoms with Crippen LogP contribution in [0.4, 0.5) is 5.82 Å². The van der Waals surface area contributed by atoms with Crippen molar-refractivity contribution in [1.29, 1.82) is 0 Å². The van der Waals surface area contributed by atoms with E-state index in [2.05, 4.69) is 18.8 Å². The van der Waals surface area contributed by atoms with Crippen LogP contribution in [0.1, 0.15) is 43.9 Å². The quantitative estimate of drug-likeness (QED) is 0.761. The first-order chi connectivity index (χ1) is 15.8. The molecule has 172 valence electrons. The van der Waals surface area contributed by atoms with Crippen LogP contribution in [0.3, 0.4) is 0 Å². The fourth-order valence-corrected chi connectivity index (χ4v) is 5.28. The van der Waals surface area contributed by atoms with Crippen LogP contribution < -0.4 is 9.64 Å². The van der Waals surface area contributed by atoms with E-state index in [-0.39, 0.29) is 41.0 Å². The maximum atomic E-state index is 13.9. The summed E-state index contributed by atoms with van der Waals surface area (Å²) in [5, 5.41) is 10.1. The summed E-state index contributed by atoms with van der Waals surface area (Å²) in [6, 6.07) is 7.83. The molecule has 33 heavy (non-hydrogen) atoms. The maximum absolute atomic E-state index is 13.9. The minimum absolute atomic E-state index is 0.0128. The number of phenolic OH excluding ortho intramolecular Hbond substituents is 1. The minimum atomic E-state index is -0.708. The number of ether oxygens (including phenoxy) is 2. The molecule has 2 aromatic rings. The van der Waals surface area contributed by atoms with E-state index in [1.54, 1.807) is 24.4 Å². The number of Topliss-reactive ketones (excluding diaryl/α,β-unsaturated/α-hetero) is 1. The molecule has 7 heteroatoms. The van der Waals surface area contributed by atoms with Crippen molar-refractivity contribution in [2.45, 2.75) is 45.8 Å². The second-order valence-electron chi connectivity index (χ2n) is 9.50. The maximum Gasteiger partial charge on any atom is 0.295 e. The zero-order valence-electron chi connectivity index (χ0n) is 19.2. The molecule has 5 atom stereocenters. The number of methoxy groups -OCH3 is 1. The number of pyridine rings is 1. The number of fused-ring (bicyclic) bond motifs is 1. The van der Waals surface area contributed by atoms with Gasteiger partial charge >= 0.3 is 0 Å². The van der Waals surface area contributed by atoms with Gasteiger partial charge in [0, 0.05) is 6.20 Å². The number of phenols is 1. The Labute approximate surface area is 193 Å². The lowest BCUT2D eigenvalue weighted by Crippen LogP contribution is -2.43. The zero-order valence-corrected chi connectivity index (χ0v) is 19.2. The summed E-state index contributed by atoms with van der Waals surface area (Å²) < 4.78 is 11.6. The molecule has 1 aromatic heterocycles. The molecular weight excluding hydrogens is 420 g/mol. The van der Waals surface area contributed by atoms with E-state index >= 15 is 0 Å². The molecule has 1 fully saturated rings. The number of aryl methyl sites for hydroxylation is 1. The first-order valence-electron chi connectivity index (χ1n) is 11.4. The van der Waals surface area contributed by atoms with E-state index in [1.807, 2.05) is 13.0 Å². The van der Waals surface area contributed by atoms with Crippen molar-refractivity contribution in [3.8, 4) is 11.5 Å². The van der Waals surface area contributed by atoms with E-state index in [9.17, 15) is 14.7 Å². The predicted octanol–water partition coefficient (Wildman–Crippen LogP) is 4.10. The number of amides is 1. The fourth-order valence-electron chi connectivity index (χ4n) is 5.28. The lowest BCUT2D eigenvalue weighted by atomic mass is 9.70. The summed E-state index contributed by atoms with van der Waals surface area (Å²) in [6.07, 6.45) is 2.90. The number of hydrogen-bond donors (Lipinski definition) is 1. The average Bonchev–Trinajstić information content (AvgIpc) is 3.09. The summed E-state index contributed by atoms with van der Waals surface area (Å²) in [5.74, 6) is 0.992. The van der Waals surface area contributed by atoms with Gasteiger partial charge in [0.2, 0.25) is 0 Å². The Kier molecular flexibility index (Phi) is 5.15. The van der Waals surface area contributed by atoms with E-state index < -0.39 is 6.04 Å². The molecule has 5 rings (SSSR count). The topological polar surface area (TPSA) is 89.0 Å². The minimum Gasteiger partial charge on any atom is -0.504 e. The standard InChI is InChI=1S/C26H28N2O5/c1-13-5-8-21(27-12-13)28-23(16-6-7-18(29)20(11-16)32-4)22-24(30)17-9-14(2)15(3)10-19(17)33-25(22)26(28)31/h5-8,11-12,14-15,17,19,23,29H,9-10H2,1-4H3. The Morgan fingerprint density at radius 3 is 2.58 bits per heavy atom. The van der Waals surface area contributed by atoms with Gasteiger partial charge in [0.05, 0.1) is 24.6 Å². The van der Waals surface area contributed by atoms with E-state index in [0.717, 1.165) is 18.4 Å². The predicted molar refractivity (Wildman–Crippen MR) is 122 cm³/mol. The van der Waals surface area contributed by atoms with E-state index in [0.29, 0.717) is 28.8 Å². The van der Waals surface area contributed by atoms with Gasteiger partial charge in [-0.1, -0.05) is 26.0 Å². The highest BCUT2D eigenvalue weighted by molar-refractivity contribution is 6.17. The van der Waals surface area contributed by atoms with Gasteiger partial charge in [0.15, 0.2) is 23.0 Å². The highest BCUT2D eigenvalue weighted by Gasteiger charge is 2.54. The summed E-state index contributed by atoms with van der Waals surface area (Å²) >= 11 is 0. The van der Waals surface area contributed by atoms with Crippen molar-refractivity contribution in [2.75, 3.05) is 12.0 Å². The molecule has 3 heterocycles. The van der Waals surface area contributed by atoms with Crippen LogP contribution in [0.15, 0.2) is 47.9 Å². The summed E-state index contributed by atoms with van der Waals surface area (Å²) in [6.45, 7) is 6.26. The van der Waals surface area contributed by atoms with Crippen LogP contribution in [0.25, 0.3) is 0 Å². The van der Waals surface area contributed by atoms with E-state index in [1.165, 1.54) is 18.1 Å². The van der Waals surface area contributed by atoms with Crippen LogP contribution in [0.5, 0.6) is 11.5 Å². The highest BCUT2D eigenvalue weighted by atomic mass is 16.5. The number of nitrogens with zero attached hydrogens (tertiary/aromatic N) is 2. The summed E-state index contributed by atoms with van der Waals surface area (Å²) in [5.41, 5.74) is 1.99. The number of benzene rings is 1. The van der Waals surface area contributed by atoms with Crippen molar-refractivity contribution < 1.29 is 24.2 Å². The van der Waals surface area contributed by atoms with Crippen molar-refractivity contribution in [3.05, 3.63) is 59.0 Å². The average molecular weight is 449 g/mol. The molecule has 0 radical (unpaired) electrons. The molecule has 1 saturated carbocycles. The van der Waals surface area contributed by atoms with Crippen molar-refractivity contribution in [1.82, 2.24) is 4.98 Å². The molecule has 0 bridgehead atoms. The molecule has 5 unspecified atom stereocenters. The first-order valence-corrected chi connectivity index (χ1v) is 11.4. The largest absolute Gasteiger partial charge is 0.504 e. The van der Waals surface area contributed by atoms with Gasteiger partial charge < -0.3 is 14.6 Å². The zero-order chi connectivity index (χ0) is 23.4. The van der Waals surface area contributed by atoms with E-state index in [4.69, 9.17) is 9.47 Å². The Morgan fingerprint density at radius 2 is 1.88 bits per heavy atom. The lowest BCUT2D eigenvalue weighted by molar-refractivity contribution is -0.134. The van der Waals surface area contributed by atoms with Crippen LogP contribution in [0.2, 0.25) is 0 Å². The molecule has 3 aliphatic rings. The number of aromatic nitrogens is 1.